The first-order valence-corrected chi connectivity index (χ1v) is 6.99. The number of ether oxygens (including phenoxy) is 1. The maximum absolute atomic E-state index is 12.2. The molecule has 1 aliphatic rings. The maximum Gasteiger partial charge on any atom is 0.491 e. The van der Waals surface area contributed by atoms with E-state index in [9.17, 15) is 9.82 Å². The molecule has 6 heteroatoms. The number of carbonyl (C=O) groups excluding carboxylic acids is 1. The number of hydrogen-bond donors (Lipinski definition) is 2. The number of nitrogens with one attached hydrogen (secondary N) is 1. The predicted octanol–water partition coefficient (Wildman–Crippen LogP) is 1.30. The first-order valence-electron chi connectivity index (χ1n) is 6.99. The molecule has 2 N–H and O–H groups in total. The molecule has 0 saturated carbocycles. The van der Waals surface area contributed by atoms with Gasteiger partial charge in [-0.1, -0.05) is 18.2 Å². The molecule has 2 aromatic carbocycles. The first-order chi connectivity index (χ1) is 10.7. The van der Waals surface area contributed by atoms with Crippen LogP contribution in [0.25, 0.3) is 0 Å². The van der Waals surface area contributed by atoms with Crippen molar-refractivity contribution < 1.29 is 19.2 Å². The number of carbonyl (C=O) groups is 1. The zero-order valence-electron chi connectivity index (χ0n) is 12.2. The molecule has 5 nitrogen and oxygen atoms in total. The Hall–Kier alpha value is -2.15. The van der Waals surface area contributed by atoms with Crippen LogP contribution in [-0.4, -0.2) is 25.2 Å². The van der Waals surface area contributed by atoms with Crippen LogP contribution >= 0.6 is 0 Å². The molecular formula is C16H16BNO4. The van der Waals surface area contributed by atoms with Crippen LogP contribution in [0.3, 0.4) is 0 Å². The van der Waals surface area contributed by atoms with E-state index in [1.54, 1.807) is 31.4 Å². The number of benzene rings is 2. The Kier molecular flexibility index (Phi) is 4.24. The molecule has 1 heterocycles. The van der Waals surface area contributed by atoms with Crippen LogP contribution in [0.2, 0.25) is 0 Å². The fourth-order valence-electron chi connectivity index (χ4n) is 2.41. The Morgan fingerprint density at radius 2 is 2.09 bits per heavy atom. The highest BCUT2D eigenvalue weighted by Crippen LogP contribution is 2.15. The lowest BCUT2D eigenvalue weighted by atomic mass is 9.79. The summed E-state index contributed by atoms with van der Waals surface area (Å²) >= 11 is 0. The summed E-state index contributed by atoms with van der Waals surface area (Å²) in [6, 6.07) is 12.6. The fourth-order valence-corrected chi connectivity index (χ4v) is 2.41. The monoisotopic (exact) mass is 297 g/mol. The van der Waals surface area contributed by atoms with Gasteiger partial charge in [-0.25, -0.2) is 0 Å². The molecule has 3 rings (SSSR count). The van der Waals surface area contributed by atoms with Crippen molar-refractivity contribution in [2.75, 3.05) is 12.4 Å². The molecule has 2 aromatic rings. The average molecular weight is 297 g/mol. The largest absolute Gasteiger partial charge is 0.491 e. The molecule has 1 aliphatic heterocycles. The smallest absolute Gasteiger partial charge is 0.423 e. The Bertz CT molecular complexity index is 687. The molecular weight excluding hydrogens is 281 g/mol. The van der Waals surface area contributed by atoms with Crippen molar-refractivity contribution in [3.63, 3.8) is 0 Å². The third-order valence-electron chi connectivity index (χ3n) is 3.59. The second kappa shape index (κ2) is 6.31. The SMILES string of the molecule is COCc1ccc(C(=O)Nc2ccc3c(c2)B(O)OC3)cc1. The van der Waals surface area contributed by atoms with Gasteiger partial charge in [-0.2, -0.15) is 0 Å². The van der Waals surface area contributed by atoms with Crippen LogP contribution in [0.1, 0.15) is 21.5 Å². The van der Waals surface area contributed by atoms with Gasteiger partial charge >= 0.3 is 7.12 Å². The minimum absolute atomic E-state index is 0.197. The first kappa shape index (κ1) is 14.8. The van der Waals surface area contributed by atoms with Gasteiger partial charge in [-0.05, 0) is 40.9 Å². The summed E-state index contributed by atoms with van der Waals surface area (Å²) < 4.78 is 10.2. The second-order valence-corrected chi connectivity index (χ2v) is 5.16. The Morgan fingerprint density at radius 1 is 1.32 bits per heavy atom. The van der Waals surface area contributed by atoms with Crippen LogP contribution in [0.5, 0.6) is 0 Å². The normalized spacial score (nSPS) is 13.1. The number of anilines is 1. The van der Waals surface area contributed by atoms with E-state index >= 15 is 0 Å². The summed E-state index contributed by atoms with van der Waals surface area (Å²) in [6.45, 7) is 0.913. The van der Waals surface area contributed by atoms with Gasteiger partial charge in [-0.15, -0.1) is 0 Å². The molecule has 0 radical (unpaired) electrons. The van der Waals surface area contributed by atoms with E-state index in [0.717, 1.165) is 11.1 Å². The van der Waals surface area contributed by atoms with Gasteiger partial charge in [-0.3, -0.25) is 4.79 Å². The predicted molar refractivity (Wildman–Crippen MR) is 83.9 cm³/mol. The van der Waals surface area contributed by atoms with Gasteiger partial charge < -0.3 is 19.7 Å². The lowest BCUT2D eigenvalue weighted by molar-refractivity contribution is 0.102. The average Bonchev–Trinajstić information content (AvgIpc) is 2.89. The topological polar surface area (TPSA) is 67.8 Å². The number of hydrogen-bond acceptors (Lipinski definition) is 4. The van der Waals surface area contributed by atoms with Crippen LogP contribution in [-0.2, 0) is 22.6 Å². The highest BCUT2D eigenvalue weighted by molar-refractivity contribution is 6.61. The Labute approximate surface area is 129 Å². The summed E-state index contributed by atoms with van der Waals surface area (Å²) in [5, 5.41) is 12.5. The van der Waals surface area contributed by atoms with Gasteiger partial charge in [0.05, 0.1) is 13.2 Å². The van der Waals surface area contributed by atoms with Crippen LogP contribution in [0, 0.1) is 0 Å². The molecule has 22 heavy (non-hydrogen) atoms. The molecule has 0 aromatic heterocycles. The number of fused-ring (bicyclic) bond motifs is 1. The van der Waals surface area contributed by atoms with Crippen LogP contribution < -0.4 is 10.8 Å². The lowest BCUT2D eigenvalue weighted by Crippen LogP contribution is -2.28. The molecule has 0 unspecified atom stereocenters. The molecule has 0 fully saturated rings. The number of amides is 1. The quantitative estimate of drug-likeness (QED) is 0.835. The van der Waals surface area contributed by atoms with E-state index in [-0.39, 0.29) is 5.91 Å². The molecule has 0 atom stereocenters. The lowest BCUT2D eigenvalue weighted by Gasteiger charge is -2.08. The minimum Gasteiger partial charge on any atom is -0.423 e. The van der Waals surface area contributed by atoms with Gasteiger partial charge in [0.15, 0.2) is 0 Å². The molecule has 0 saturated heterocycles. The standard InChI is InChI=1S/C16H16BNO4/c1-21-9-11-2-4-12(5-3-11)16(19)18-14-7-6-13-10-22-17(20)15(13)8-14/h2-8,20H,9-10H2,1H3,(H,18,19). The van der Waals surface area contributed by atoms with Crippen molar-refractivity contribution in [2.45, 2.75) is 13.2 Å². The minimum atomic E-state index is -0.917. The van der Waals surface area contributed by atoms with Gasteiger partial charge in [0, 0.05) is 18.4 Å². The fraction of sp³-hybridized carbons (Fsp3) is 0.188. The van der Waals surface area contributed by atoms with Crippen molar-refractivity contribution in [1.82, 2.24) is 0 Å². The van der Waals surface area contributed by atoms with Crippen molar-refractivity contribution in [3.8, 4) is 0 Å². The van der Waals surface area contributed by atoms with E-state index in [2.05, 4.69) is 5.32 Å². The van der Waals surface area contributed by atoms with Gasteiger partial charge in [0.25, 0.3) is 5.91 Å². The third kappa shape index (κ3) is 3.04. The summed E-state index contributed by atoms with van der Waals surface area (Å²) in [5.41, 5.74) is 3.85. The maximum atomic E-state index is 12.2. The van der Waals surface area contributed by atoms with Gasteiger partial charge in [0.2, 0.25) is 0 Å². The summed E-state index contributed by atoms with van der Waals surface area (Å²) in [4.78, 5) is 12.2. The molecule has 0 bridgehead atoms. The molecule has 112 valence electrons. The van der Waals surface area contributed by atoms with E-state index in [4.69, 9.17) is 9.39 Å². The van der Waals surface area contributed by atoms with E-state index in [0.29, 0.717) is 29.9 Å². The summed E-state index contributed by atoms with van der Waals surface area (Å²) in [7, 11) is 0.715. The van der Waals surface area contributed by atoms with Crippen LogP contribution in [0.4, 0.5) is 5.69 Å². The van der Waals surface area contributed by atoms with Gasteiger partial charge in [0.1, 0.15) is 0 Å². The van der Waals surface area contributed by atoms with E-state index in [1.807, 2.05) is 18.2 Å². The summed E-state index contributed by atoms with van der Waals surface area (Å²) in [5.74, 6) is -0.197. The Balaban J connectivity index is 1.73. The molecule has 0 aliphatic carbocycles. The summed E-state index contributed by atoms with van der Waals surface area (Å²) in [6.07, 6.45) is 0. The molecule has 1 amide bonds. The van der Waals surface area contributed by atoms with Crippen molar-refractivity contribution >= 4 is 24.2 Å². The van der Waals surface area contributed by atoms with Crippen molar-refractivity contribution in [1.29, 1.82) is 0 Å². The number of rotatable bonds is 4. The second-order valence-electron chi connectivity index (χ2n) is 5.16. The molecule has 0 spiro atoms. The van der Waals surface area contributed by atoms with Crippen molar-refractivity contribution in [2.24, 2.45) is 0 Å². The highest BCUT2D eigenvalue weighted by atomic mass is 16.5. The third-order valence-corrected chi connectivity index (χ3v) is 3.59. The van der Waals surface area contributed by atoms with Crippen LogP contribution in [0.15, 0.2) is 42.5 Å². The van der Waals surface area contributed by atoms with Crippen molar-refractivity contribution in [3.05, 3.63) is 59.2 Å². The zero-order chi connectivity index (χ0) is 15.5. The zero-order valence-corrected chi connectivity index (χ0v) is 12.2. The van der Waals surface area contributed by atoms with E-state index < -0.39 is 7.12 Å². The van der Waals surface area contributed by atoms with E-state index in [1.165, 1.54) is 0 Å². The highest BCUT2D eigenvalue weighted by Gasteiger charge is 2.27. The Morgan fingerprint density at radius 3 is 2.82 bits per heavy atom. The number of methoxy groups -OCH3 is 1.